The summed E-state index contributed by atoms with van der Waals surface area (Å²) in [6.45, 7) is 0.786. The Bertz CT molecular complexity index is 1100. The minimum atomic E-state index is -3.57. The average Bonchev–Trinajstić information content (AvgIpc) is 3.24. The summed E-state index contributed by atoms with van der Waals surface area (Å²) in [4.78, 5) is 4.81. The first-order valence-corrected chi connectivity index (χ1v) is 11.4. The highest BCUT2D eigenvalue weighted by atomic mass is 79.9. The third-order valence-electron chi connectivity index (χ3n) is 4.97. The summed E-state index contributed by atoms with van der Waals surface area (Å²) in [5.41, 5.74) is 0.736. The molecule has 0 N–H and O–H groups in total. The van der Waals surface area contributed by atoms with E-state index in [-0.39, 0.29) is 10.8 Å². The van der Waals surface area contributed by atoms with E-state index in [0.29, 0.717) is 30.6 Å². The predicted octanol–water partition coefficient (Wildman–Crippen LogP) is 4.08. The Kier molecular flexibility index (Phi) is 5.71. The van der Waals surface area contributed by atoms with Crippen LogP contribution in [0.2, 0.25) is 0 Å². The molecule has 2 aromatic carbocycles. The van der Waals surface area contributed by atoms with Gasteiger partial charge in [0, 0.05) is 17.6 Å². The first kappa shape index (κ1) is 20.1. The van der Waals surface area contributed by atoms with Crippen LogP contribution < -0.4 is 4.74 Å². The maximum atomic E-state index is 13.0. The van der Waals surface area contributed by atoms with Crippen LogP contribution in [0.4, 0.5) is 0 Å². The molecular formula is C20H20BrN3O4S. The second kappa shape index (κ2) is 8.25. The highest BCUT2D eigenvalue weighted by molar-refractivity contribution is 9.10. The smallest absolute Gasteiger partial charge is 0.243 e. The molecule has 0 spiro atoms. The number of para-hydroxylation sites is 1. The second-order valence-electron chi connectivity index (χ2n) is 6.81. The molecule has 1 aromatic heterocycles. The summed E-state index contributed by atoms with van der Waals surface area (Å²) >= 11 is 3.34. The summed E-state index contributed by atoms with van der Waals surface area (Å²) in [5, 5.41) is 4.09. The van der Waals surface area contributed by atoms with Gasteiger partial charge in [0.05, 0.1) is 23.5 Å². The summed E-state index contributed by atoms with van der Waals surface area (Å²) < 4.78 is 39.2. The van der Waals surface area contributed by atoms with E-state index in [1.54, 1.807) is 31.4 Å². The number of hydrogen-bond acceptors (Lipinski definition) is 6. The standard InChI is InChI=1S/C20H20BrN3O4S/c1-27-18-7-3-2-6-17(18)19-22-20(28-23-19)14-5-4-12-24(13-14)29(25,26)16-10-8-15(21)9-11-16/h2-3,6-11,14H,4-5,12-13H2,1H3/t14-/m1/s1. The van der Waals surface area contributed by atoms with Crippen LogP contribution in [0.3, 0.4) is 0 Å². The monoisotopic (exact) mass is 477 g/mol. The topological polar surface area (TPSA) is 85.5 Å². The van der Waals surface area contributed by atoms with Crippen molar-refractivity contribution in [2.24, 2.45) is 0 Å². The Morgan fingerprint density at radius 3 is 2.69 bits per heavy atom. The number of benzene rings is 2. The lowest BCUT2D eigenvalue weighted by Gasteiger charge is -2.30. The van der Waals surface area contributed by atoms with Crippen molar-refractivity contribution in [1.29, 1.82) is 0 Å². The van der Waals surface area contributed by atoms with Gasteiger partial charge in [-0.05, 0) is 49.2 Å². The number of ether oxygens (including phenoxy) is 1. The Labute approximate surface area is 177 Å². The zero-order chi connectivity index (χ0) is 20.4. The number of nitrogens with zero attached hydrogens (tertiary/aromatic N) is 3. The van der Waals surface area contributed by atoms with Gasteiger partial charge in [-0.2, -0.15) is 9.29 Å². The predicted molar refractivity (Wildman–Crippen MR) is 111 cm³/mol. The first-order valence-electron chi connectivity index (χ1n) is 9.22. The Balaban J connectivity index is 1.56. The molecule has 1 aliphatic rings. The van der Waals surface area contributed by atoms with Crippen LogP contribution in [0.1, 0.15) is 24.7 Å². The summed E-state index contributed by atoms with van der Waals surface area (Å²) in [6.07, 6.45) is 1.52. The molecule has 2 heterocycles. The fourth-order valence-corrected chi connectivity index (χ4v) is 5.25. The zero-order valence-electron chi connectivity index (χ0n) is 15.8. The molecule has 152 valence electrons. The number of piperidine rings is 1. The molecule has 1 atom stereocenters. The van der Waals surface area contributed by atoms with Gasteiger partial charge in [-0.3, -0.25) is 0 Å². The normalized spacial score (nSPS) is 17.9. The van der Waals surface area contributed by atoms with Crippen LogP contribution >= 0.6 is 15.9 Å². The lowest BCUT2D eigenvalue weighted by Crippen LogP contribution is -2.39. The number of sulfonamides is 1. The molecule has 0 unspecified atom stereocenters. The zero-order valence-corrected chi connectivity index (χ0v) is 18.2. The highest BCUT2D eigenvalue weighted by Crippen LogP contribution is 2.32. The molecule has 0 bridgehead atoms. The lowest BCUT2D eigenvalue weighted by molar-refractivity contribution is 0.265. The third kappa shape index (κ3) is 4.08. The van der Waals surface area contributed by atoms with Crippen LogP contribution in [0, 0.1) is 0 Å². The second-order valence-corrected chi connectivity index (χ2v) is 9.67. The third-order valence-corrected chi connectivity index (χ3v) is 7.38. The van der Waals surface area contributed by atoms with Gasteiger partial charge in [-0.15, -0.1) is 0 Å². The van der Waals surface area contributed by atoms with Crippen LogP contribution in [-0.4, -0.2) is 43.1 Å². The van der Waals surface area contributed by atoms with Crippen molar-refractivity contribution in [2.45, 2.75) is 23.7 Å². The molecule has 4 rings (SSSR count). The van der Waals surface area contributed by atoms with E-state index in [0.717, 1.165) is 22.9 Å². The maximum absolute atomic E-state index is 13.0. The molecular weight excluding hydrogens is 458 g/mol. The SMILES string of the molecule is COc1ccccc1-c1noc([C@@H]2CCCN(S(=O)(=O)c3ccc(Br)cc3)C2)n1. The van der Waals surface area contributed by atoms with Gasteiger partial charge in [-0.1, -0.05) is 33.2 Å². The van der Waals surface area contributed by atoms with Crippen LogP contribution in [0.25, 0.3) is 11.4 Å². The van der Waals surface area contributed by atoms with Crippen LogP contribution in [-0.2, 0) is 10.0 Å². The summed E-state index contributed by atoms with van der Waals surface area (Å²) in [7, 11) is -1.98. The molecule has 1 saturated heterocycles. The minimum Gasteiger partial charge on any atom is -0.496 e. The van der Waals surface area contributed by atoms with E-state index in [4.69, 9.17) is 9.26 Å². The van der Waals surface area contributed by atoms with E-state index in [2.05, 4.69) is 26.1 Å². The van der Waals surface area contributed by atoms with Gasteiger partial charge in [0.1, 0.15) is 5.75 Å². The van der Waals surface area contributed by atoms with Gasteiger partial charge in [0.25, 0.3) is 0 Å². The molecule has 0 aliphatic carbocycles. The maximum Gasteiger partial charge on any atom is 0.243 e. The number of methoxy groups -OCH3 is 1. The Morgan fingerprint density at radius 2 is 1.93 bits per heavy atom. The number of aromatic nitrogens is 2. The van der Waals surface area contributed by atoms with Crippen molar-refractivity contribution >= 4 is 26.0 Å². The van der Waals surface area contributed by atoms with E-state index >= 15 is 0 Å². The van der Waals surface area contributed by atoms with Crippen LogP contribution in [0.5, 0.6) is 5.75 Å². The fourth-order valence-electron chi connectivity index (χ4n) is 3.46. The van der Waals surface area contributed by atoms with Crippen LogP contribution in [0.15, 0.2) is 62.4 Å². The molecule has 9 heteroatoms. The van der Waals surface area contributed by atoms with Crippen molar-refractivity contribution in [2.75, 3.05) is 20.2 Å². The largest absolute Gasteiger partial charge is 0.496 e. The van der Waals surface area contributed by atoms with Gasteiger partial charge in [0.2, 0.25) is 21.7 Å². The van der Waals surface area contributed by atoms with Crippen molar-refractivity contribution in [1.82, 2.24) is 14.4 Å². The Morgan fingerprint density at radius 1 is 1.17 bits per heavy atom. The van der Waals surface area contributed by atoms with Gasteiger partial charge >= 0.3 is 0 Å². The summed E-state index contributed by atoms with van der Waals surface area (Å²) in [6, 6.07) is 14.1. The average molecular weight is 478 g/mol. The van der Waals surface area contributed by atoms with E-state index in [1.807, 2.05) is 24.3 Å². The molecule has 1 fully saturated rings. The van der Waals surface area contributed by atoms with Gasteiger partial charge in [-0.25, -0.2) is 8.42 Å². The lowest BCUT2D eigenvalue weighted by atomic mass is 10.00. The number of hydrogen-bond donors (Lipinski definition) is 0. The van der Waals surface area contributed by atoms with E-state index in [9.17, 15) is 8.42 Å². The quantitative estimate of drug-likeness (QED) is 0.550. The fraction of sp³-hybridized carbons (Fsp3) is 0.300. The van der Waals surface area contributed by atoms with E-state index in [1.165, 1.54) is 4.31 Å². The molecule has 0 amide bonds. The Hall–Kier alpha value is -2.23. The van der Waals surface area contributed by atoms with E-state index < -0.39 is 10.0 Å². The van der Waals surface area contributed by atoms with Crippen molar-refractivity contribution in [3.63, 3.8) is 0 Å². The first-order chi connectivity index (χ1) is 14.0. The van der Waals surface area contributed by atoms with Crippen molar-refractivity contribution in [3.05, 3.63) is 58.9 Å². The van der Waals surface area contributed by atoms with Gasteiger partial charge in [0.15, 0.2) is 0 Å². The van der Waals surface area contributed by atoms with Gasteiger partial charge < -0.3 is 9.26 Å². The van der Waals surface area contributed by atoms with Crippen molar-refractivity contribution in [3.8, 4) is 17.1 Å². The molecule has 7 nitrogen and oxygen atoms in total. The molecule has 0 saturated carbocycles. The summed E-state index contributed by atoms with van der Waals surface area (Å²) in [5.74, 6) is 1.39. The molecule has 0 radical (unpaired) electrons. The van der Waals surface area contributed by atoms with Crippen molar-refractivity contribution < 1.29 is 17.7 Å². The molecule has 29 heavy (non-hydrogen) atoms. The molecule has 1 aliphatic heterocycles. The molecule has 3 aromatic rings. The highest BCUT2D eigenvalue weighted by Gasteiger charge is 2.33. The number of halogens is 1. The minimum absolute atomic E-state index is 0.148. The number of rotatable bonds is 5.